The van der Waals surface area contributed by atoms with E-state index in [2.05, 4.69) is 18.5 Å². The van der Waals surface area contributed by atoms with Crippen LogP contribution in [0.2, 0.25) is 0 Å². The summed E-state index contributed by atoms with van der Waals surface area (Å²) in [4.78, 5) is 17.5. The summed E-state index contributed by atoms with van der Waals surface area (Å²) >= 11 is 0. The van der Waals surface area contributed by atoms with Gasteiger partial charge in [0.2, 0.25) is 0 Å². The SMILES string of the molecule is C=C(F)Oc1ccc([C@@](N=C(C)N)(C(C)=O)c2cccc(/C=C/CC)c2)cc1. The fourth-order valence-electron chi connectivity index (χ4n) is 3.06. The lowest BCUT2D eigenvalue weighted by atomic mass is 9.79. The summed E-state index contributed by atoms with van der Waals surface area (Å²) in [7, 11) is 0. The maximum atomic E-state index is 12.9. The number of Topliss-reactive ketones (excluding diaryl/α,β-unsaturated/α-hetero) is 1. The molecule has 2 aromatic carbocycles. The summed E-state index contributed by atoms with van der Waals surface area (Å²) in [6.07, 6.45) is 4.95. The molecule has 2 rings (SSSR count). The van der Waals surface area contributed by atoms with Gasteiger partial charge in [0.1, 0.15) is 5.75 Å². The van der Waals surface area contributed by atoms with Crippen LogP contribution in [0, 0.1) is 0 Å². The second-order valence-electron chi connectivity index (χ2n) is 6.44. The first-order valence-corrected chi connectivity index (χ1v) is 9.02. The minimum Gasteiger partial charge on any atom is -0.432 e. The van der Waals surface area contributed by atoms with Gasteiger partial charge in [0, 0.05) is 0 Å². The number of hydrogen-bond donors (Lipinski definition) is 1. The Balaban J connectivity index is 2.68. The number of ether oxygens (including phenoxy) is 1. The van der Waals surface area contributed by atoms with Crippen molar-refractivity contribution in [1.29, 1.82) is 0 Å². The Morgan fingerprint density at radius 2 is 1.89 bits per heavy atom. The number of amidine groups is 1. The molecule has 5 heteroatoms. The summed E-state index contributed by atoms with van der Waals surface area (Å²) in [6.45, 7) is 8.26. The average molecular weight is 380 g/mol. The highest BCUT2D eigenvalue weighted by Gasteiger charge is 2.39. The van der Waals surface area contributed by atoms with E-state index in [1.54, 1.807) is 31.2 Å². The fraction of sp³-hybridized carbons (Fsp3) is 0.217. The zero-order valence-electron chi connectivity index (χ0n) is 16.4. The molecule has 0 unspecified atom stereocenters. The van der Waals surface area contributed by atoms with Crippen molar-refractivity contribution in [3.8, 4) is 5.75 Å². The van der Waals surface area contributed by atoms with Crippen molar-refractivity contribution in [1.82, 2.24) is 0 Å². The molecule has 4 nitrogen and oxygen atoms in total. The number of benzene rings is 2. The van der Waals surface area contributed by atoms with Crippen molar-refractivity contribution < 1.29 is 13.9 Å². The number of nitrogens with zero attached hydrogens (tertiary/aromatic N) is 1. The number of hydrogen-bond acceptors (Lipinski definition) is 3. The fourth-order valence-corrected chi connectivity index (χ4v) is 3.06. The molecule has 0 heterocycles. The molecule has 0 aliphatic heterocycles. The van der Waals surface area contributed by atoms with Gasteiger partial charge in [0.05, 0.1) is 5.84 Å². The lowest BCUT2D eigenvalue weighted by Crippen LogP contribution is -2.35. The standard InChI is InChI=1S/C23H25FN2O2/c1-5-6-8-19-9-7-10-21(15-19)23(16(2)27,26-18(4)25)20-11-13-22(14-12-20)28-17(3)24/h6-15H,3,5H2,1-2,4H3,(H2,25,26)/b8-6+/t23-/m0/s1. The van der Waals surface area contributed by atoms with Crippen LogP contribution >= 0.6 is 0 Å². The molecule has 0 aromatic heterocycles. The van der Waals surface area contributed by atoms with E-state index in [-0.39, 0.29) is 17.4 Å². The largest absolute Gasteiger partial charge is 0.432 e. The number of rotatable bonds is 8. The van der Waals surface area contributed by atoms with Gasteiger partial charge in [-0.25, -0.2) is 4.99 Å². The van der Waals surface area contributed by atoms with Crippen molar-refractivity contribution >= 4 is 17.7 Å². The van der Waals surface area contributed by atoms with E-state index >= 15 is 0 Å². The van der Waals surface area contributed by atoms with Crippen molar-refractivity contribution in [2.45, 2.75) is 32.7 Å². The highest BCUT2D eigenvalue weighted by atomic mass is 19.1. The van der Waals surface area contributed by atoms with Gasteiger partial charge in [-0.1, -0.05) is 49.4 Å². The van der Waals surface area contributed by atoms with Gasteiger partial charge in [0.15, 0.2) is 11.3 Å². The first kappa shape index (κ1) is 21.1. The predicted octanol–water partition coefficient (Wildman–Crippen LogP) is 5.14. The van der Waals surface area contributed by atoms with Gasteiger partial charge in [-0.15, -0.1) is 0 Å². The number of halogens is 1. The molecule has 2 aromatic rings. The van der Waals surface area contributed by atoms with E-state index in [1.165, 1.54) is 6.92 Å². The lowest BCUT2D eigenvalue weighted by molar-refractivity contribution is -0.120. The van der Waals surface area contributed by atoms with Crippen molar-refractivity contribution in [2.24, 2.45) is 10.7 Å². The molecule has 0 aliphatic rings. The summed E-state index contributed by atoms with van der Waals surface area (Å²) in [6, 6.07) is 13.2. The molecule has 0 aliphatic carbocycles. The molecular formula is C23H25FN2O2. The maximum absolute atomic E-state index is 12.9. The lowest BCUT2D eigenvalue weighted by Gasteiger charge is -2.29. The third kappa shape index (κ3) is 4.74. The van der Waals surface area contributed by atoms with E-state index in [0.717, 1.165) is 12.0 Å². The number of nitrogens with two attached hydrogens (primary N) is 1. The van der Waals surface area contributed by atoms with Crippen LogP contribution in [0.4, 0.5) is 4.39 Å². The van der Waals surface area contributed by atoms with Gasteiger partial charge >= 0.3 is 0 Å². The zero-order chi connectivity index (χ0) is 20.7. The van der Waals surface area contributed by atoms with E-state index in [0.29, 0.717) is 11.1 Å². The minimum atomic E-state index is -1.31. The monoisotopic (exact) mass is 380 g/mol. The summed E-state index contributed by atoms with van der Waals surface area (Å²) < 4.78 is 17.8. The second kappa shape index (κ2) is 9.13. The van der Waals surface area contributed by atoms with Crippen molar-refractivity contribution in [3.63, 3.8) is 0 Å². The Bertz CT molecular complexity index is 912. The third-order valence-electron chi connectivity index (χ3n) is 4.20. The zero-order valence-corrected chi connectivity index (χ0v) is 16.4. The molecule has 0 bridgehead atoms. The van der Waals surface area contributed by atoms with Crippen LogP contribution in [0.3, 0.4) is 0 Å². The molecular weight excluding hydrogens is 355 g/mol. The number of ketones is 1. The van der Waals surface area contributed by atoms with Crippen molar-refractivity contribution in [3.05, 3.63) is 83.9 Å². The smallest absolute Gasteiger partial charge is 0.270 e. The Kier molecular flexibility index (Phi) is 6.88. The molecule has 0 radical (unpaired) electrons. The van der Waals surface area contributed by atoms with Crippen LogP contribution in [0.1, 0.15) is 43.9 Å². The normalized spacial score (nSPS) is 13.9. The van der Waals surface area contributed by atoms with Gasteiger partial charge in [-0.2, -0.15) is 4.39 Å². The van der Waals surface area contributed by atoms with Crippen LogP contribution < -0.4 is 10.5 Å². The third-order valence-corrected chi connectivity index (χ3v) is 4.20. The maximum Gasteiger partial charge on any atom is 0.270 e. The molecule has 0 fully saturated rings. The predicted molar refractivity (Wildman–Crippen MR) is 112 cm³/mol. The summed E-state index contributed by atoms with van der Waals surface area (Å²) in [5.41, 5.74) is 6.87. The van der Waals surface area contributed by atoms with E-state index in [1.807, 2.05) is 36.4 Å². The van der Waals surface area contributed by atoms with Crippen LogP contribution in [0.15, 0.2) is 72.2 Å². The molecule has 0 saturated heterocycles. The van der Waals surface area contributed by atoms with Crippen LogP contribution in [0.5, 0.6) is 5.75 Å². The van der Waals surface area contributed by atoms with E-state index in [9.17, 15) is 9.18 Å². The number of aliphatic imine (C=N–C) groups is 1. The second-order valence-corrected chi connectivity index (χ2v) is 6.44. The van der Waals surface area contributed by atoms with Gasteiger partial charge in [-0.05, 0) is 61.7 Å². The quantitative estimate of drug-likeness (QED) is 0.392. The molecule has 146 valence electrons. The minimum absolute atomic E-state index is 0.183. The van der Waals surface area contributed by atoms with E-state index in [4.69, 9.17) is 10.5 Å². The van der Waals surface area contributed by atoms with E-state index < -0.39 is 11.6 Å². The molecule has 28 heavy (non-hydrogen) atoms. The molecule has 2 N–H and O–H groups in total. The number of carbonyl (C=O) groups is 1. The van der Waals surface area contributed by atoms with Crippen LogP contribution in [-0.4, -0.2) is 11.6 Å². The average Bonchev–Trinajstić information content (AvgIpc) is 2.64. The van der Waals surface area contributed by atoms with Gasteiger partial charge in [0.25, 0.3) is 6.01 Å². The number of carbonyl (C=O) groups excluding carboxylic acids is 1. The Labute approximate surface area is 165 Å². The molecule has 1 atom stereocenters. The van der Waals surface area contributed by atoms with Crippen LogP contribution in [0.25, 0.3) is 6.08 Å². The summed E-state index contributed by atoms with van der Waals surface area (Å²) in [5.74, 6) is 0.376. The Hall–Kier alpha value is -3.21. The Morgan fingerprint density at radius 1 is 1.21 bits per heavy atom. The topological polar surface area (TPSA) is 64.7 Å². The van der Waals surface area contributed by atoms with Gasteiger partial charge < -0.3 is 10.5 Å². The Morgan fingerprint density at radius 3 is 2.43 bits per heavy atom. The first-order chi connectivity index (χ1) is 13.3. The van der Waals surface area contributed by atoms with Crippen LogP contribution in [-0.2, 0) is 10.3 Å². The number of allylic oxidation sites excluding steroid dienone is 1. The van der Waals surface area contributed by atoms with Gasteiger partial charge in [-0.3, -0.25) is 4.79 Å². The molecule has 0 amide bonds. The molecule has 0 saturated carbocycles. The molecule has 0 spiro atoms. The summed E-state index contributed by atoms with van der Waals surface area (Å²) in [5, 5.41) is 0. The first-order valence-electron chi connectivity index (χ1n) is 9.02. The highest BCUT2D eigenvalue weighted by Crippen LogP contribution is 2.37. The highest BCUT2D eigenvalue weighted by molar-refractivity contribution is 5.95. The van der Waals surface area contributed by atoms with Crippen molar-refractivity contribution in [2.75, 3.05) is 0 Å².